The van der Waals surface area contributed by atoms with E-state index in [1.165, 1.54) is 13.2 Å². The quantitative estimate of drug-likeness (QED) is 0.887. The molecule has 0 bridgehead atoms. The maximum Gasteiger partial charge on any atom is 0.251 e. The lowest BCUT2D eigenvalue weighted by Crippen LogP contribution is -2.27. The molecule has 1 atom stereocenters. The first-order chi connectivity index (χ1) is 9.61. The van der Waals surface area contributed by atoms with Crippen LogP contribution in [0, 0.1) is 0 Å². The number of benzene rings is 1. The van der Waals surface area contributed by atoms with Crippen molar-refractivity contribution in [2.45, 2.75) is 12.8 Å². The lowest BCUT2D eigenvalue weighted by Gasteiger charge is -2.11. The third-order valence-electron chi connectivity index (χ3n) is 2.88. The maximum atomic E-state index is 12.0. The van der Waals surface area contributed by atoms with Crippen molar-refractivity contribution in [1.29, 1.82) is 0 Å². The highest BCUT2D eigenvalue weighted by molar-refractivity contribution is 7.09. The van der Waals surface area contributed by atoms with Crippen molar-refractivity contribution in [2.24, 2.45) is 0 Å². The van der Waals surface area contributed by atoms with E-state index in [9.17, 15) is 9.90 Å². The van der Waals surface area contributed by atoms with E-state index in [1.807, 2.05) is 12.3 Å². The van der Waals surface area contributed by atoms with Gasteiger partial charge in [0, 0.05) is 29.6 Å². The van der Waals surface area contributed by atoms with E-state index in [1.54, 1.807) is 29.7 Å². The van der Waals surface area contributed by atoms with E-state index >= 15 is 0 Å². The van der Waals surface area contributed by atoms with Crippen molar-refractivity contribution in [3.05, 3.63) is 40.3 Å². The molecule has 0 saturated heterocycles. The summed E-state index contributed by atoms with van der Waals surface area (Å²) >= 11 is 1.57. The number of hydrogen-bond acceptors (Lipinski definition) is 5. The van der Waals surface area contributed by atoms with Crippen molar-refractivity contribution < 1.29 is 14.6 Å². The van der Waals surface area contributed by atoms with Crippen LogP contribution in [0.3, 0.4) is 0 Å². The fourth-order valence-corrected chi connectivity index (χ4v) is 2.44. The van der Waals surface area contributed by atoms with Gasteiger partial charge in [-0.2, -0.15) is 0 Å². The SMILES string of the molecule is COc1ccc(C(=O)NCC(C)c2nccs2)cc1O. The summed E-state index contributed by atoms with van der Waals surface area (Å²) in [6, 6.07) is 4.57. The summed E-state index contributed by atoms with van der Waals surface area (Å²) < 4.78 is 4.94. The van der Waals surface area contributed by atoms with Gasteiger partial charge in [-0.3, -0.25) is 4.79 Å². The standard InChI is InChI=1S/C14H16N2O3S/c1-9(14-15-5-6-20-14)8-16-13(18)10-3-4-12(19-2)11(17)7-10/h3-7,9,17H,8H2,1-2H3,(H,16,18). The highest BCUT2D eigenvalue weighted by Gasteiger charge is 2.12. The zero-order valence-electron chi connectivity index (χ0n) is 11.3. The molecule has 1 aromatic heterocycles. The van der Waals surface area contributed by atoms with Crippen LogP contribution in [0.15, 0.2) is 29.8 Å². The van der Waals surface area contributed by atoms with Crippen molar-refractivity contribution in [3.63, 3.8) is 0 Å². The van der Waals surface area contributed by atoms with Gasteiger partial charge in [-0.15, -0.1) is 11.3 Å². The molecule has 0 fully saturated rings. The van der Waals surface area contributed by atoms with Crippen LogP contribution in [0.1, 0.15) is 28.2 Å². The topological polar surface area (TPSA) is 71.5 Å². The summed E-state index contributed by atoms with van der Waals surface area (Å²) in [4.78, 5) is 16.2. The van der Waals surface area contributed by atoms with Crippen molar-refractivity contribution in [3.8, 4) is 11.5 Å². The van der Waals surface area contributed by atoms with Gasteiger partial charge in [0.15, 0.2) is 11.5 Å². The molecule has 1 unspecified atom stereocenters. The molecule has 106 valence electrons. The number of ether oxygens (including phenoxy) is 1. The van der Waals surface area contributed by atoms with Crippen LogP contribution >= 0.6 is 11.3 Å². The summed E-state index contributed by atoms with van der Waals surface area (Å²) in [7, 11) is 1.46. The second-order valence-electron chi connectivity index (χ2n) is 4.37. The fourth-order valence-electron chi connectivity index (χ4n) is 1.74. The second kappa shape index (κ2) is 6.38. The van der Waals surface area contributed by atoms with E-state index in [-0.39, 0.29) is 17.6 Å². The summed E-state index contributed by atoms with van der Waals surface area (Å²) in [5, 5.41) is 15.4. The minimum atomic E-state index is -0.230. The first kappa shape index (κ1) is 14.3. The number of rotatable bonds is 5. The molecule has 5 nitrogen and oxygen atoms in total. The summed E-state index contributed by atoms with van der Waals surface area (Å²) in [6.07, 6.45) is 1.75. The number of hydrogen-bond donors (Lipinski definition) is 2. The highest BCUT2D eigenvalue weighted by atomic mass is 32.1. The van der Waals surface area contributed by atoms with Gasteiger partial charge < -0.3 is 15.2 Å². The van der Waals surface area contributed by atoms with Gasteiger partial charge in [0.25, 0.3) is 5.91 Å². The van der Waals surface area contributed by atoms with Crippen molar-refractivity contribution >= 4 is 17.2 Å². The summed E-state index contributed by atoms with van der Waals surface area (Å²) in [5.41, 5.74) is 0.398. The first-order valence-electron chi connectivity index (χ1n) is 6.16. The van der Waals surface area contributed by atoms with E-state index in [0.29, 0.717) is 17.9 Å². The molecular weight excluding hydrogens is 276 g/mol. The van der Waals surface area contributed by atoms with Crippen LogP contribution in [0.25, 0.3) is 0 Å². The zero-order chi connectivity index (χ0) is 14.5. The Bertz CT molecular complexity index is 584. The second-order valence-corrected chi connectivity index (χ2v) is 5.29. The smallest absolute Gasteiger partial charge is 0.251 e. The van der Waals surface area contributed by atoms with Gasteiger partial charge in [0.1, 0.15) is 0 Å². The Kier molecular flexibility index (Phi) is 4.57. The first-order valence-corrected chi connectivity index (χ1v) is 7.04. The minimum Gasteiger partial charge on any atom is -0.504 e. The molecule has 1 aromatic carbocycles. The van der Waals surface area contributed by atoms with Crippen LogP contribution in [-0.4, -0.2) is 29.7 Å². The number of nitrogens with zero attached hydrogens (tertiary/aromatic N) is 1. The minimum absolute atomic E-state index is 0.0480. The number of thiazole rings is 1. The molecule has 6 heteroatoms. The van der Waals surface area contributed by atoms with E-state index in [2.05, 4.69) is 10.3 Å². The van der Waals surface area contributed by atoms with Gasteiger partial charge >= 0.3 is 0 Å². The van der Waals surface area contributed by atoms with Crippen molar-refractivity contribution in [1.82, 2.24) is 10.3 Å². The molecule has 2 aromatic rings. The Morgan fingerprint density at radius 3 is 2.95 bits per heavy atom. The van der Waals surface area contributed by atoms with Crippen molar-refractivity contribution in [2.75, 3.05) is 13.7 Å². The molecule has 2 N–H and O–H groups in total. The Hall–Kier alpha value is -2.08. The summed E-state index contributed by atoms with van der Waals surface area (Å²) in [6.45, 7) is 2.50. The molecular formula is C14H16N2O3S. The average Bonchev–Trinajstić information content (AvgIpc) is 2.98. The van der Waals surface area contributed by atoms with Crippen LogP contribution in [0.2, 0.25) is 0 Å². The Morgan fingerprint density at radius 2 is 2.35 bits per heavy atom. The van der Waals surface area contributed by atoms with Gasteiger partial charge in [-0.1, -0.05) is 6.92 Å². The molecule has 0 spiro atoms. The molecule has 1 heterocycles. The van der Waals surface area contributed by atoms with Crippen LogP contribution in [-0.2, 0) is 0 Å². The maximum absolute atomic E-state index is 12.0. The monoisotopic (exact) mass is 292 g/mol. The number of aromatic nitrogens is 1. The lowest BCUT2D eigenvalue weighted by molar-refractivity contribution is 0.0951. The molecule has 20 heavy (non-hydrogen) atoms. The molecule has 2 rings (SSSR count). The molecule has 0 saturated carbocycles. The molecule has 0 aliphatic heterocycles. The predicted molar refractivity (Wildman–Crippen MR) is 77.5 cm³/mol. The Morgan fingerprint density at radius 1 is 1.55 bits per heavy atom. The Balaban J connectivity index is 1.96. The number of methoxy groups -OCH3 is 1. The van der Waals surface area contributed by atoms with Gasteiger partial charge in [0.2, 0.25) is 0 Å². The van der Waals surface area contributed by atoms with Gasteiger partial charge in [0.05, 0.1) is 12.1 Å². The zero-order valence-corrected chi connectivity index (χ0v) is 12.1. The number of phenolic OH excluding ortho intramolecular Hbond substituents is 1. The number of aromatic hydroxyl groups is 1. The highest BCUT2D eigenvalue weighted by Crippen LogP contribution is 2.26. The predicted octanol–water partition coefficient (Wildman–Crippen LogP) is 2.39. The molecule has 1 amide bonds. The van der Waals surface area contributed by atoms with Crippen LogP contribution < -0.4 is 10.1 Å². The third kappa shape index (κ3) is 3.27. The third-order valence-corrected chi connectivity index (χ3v) is 3.89. The Labute approximate surface area is 121 Å². The molecule has 0 aliphatic carbocycles. The van der Waals surface area contributed by atoms with Crippen LogP contribution in [0.4, 0.5) is 0 Å². The summed E-state index contributed by atoms with van der Waals surface area (Å²) in [5.74, 6) is 0.225. The van der Waals surface area contributed by atoms with E-state index in [0.717, 1.165) is 5.01 Å². The largest absolute Gasteiger partial charge is 0.504 e. The van der Waals surface area contributed by atoms with E-state index in [4.69, 9.17) is 4.74 Å². The number of carbonyl (C=O) groups excluding carboxylic acids is 1. The normalized spacial score (nSPS) is 11.9. The number of amides is 1. The van der Waals surface area contributed by atoms with Crippen LogP contribution in [0.5, 0.6) is 11.5 Å². The van der Waals surface area contributed by atoms with Gasteiger partial charge in [-0.05, 0) is 18.2 Å². The van der Waals surface area contributed by atoms with E-state index < -0.39 is 0 Å². The number of carbonyl (C=O) groups is 1. The van der Waals surface area contributed by atoms with Gasteiger partial charge in [-0.25, -0.2) is 4.98 Å². The lowest BCUT2D eigenvalue weighted by atomic mass is 10.1. The molecule has 0 aliphatic rings. The fraction of sp³-hybridized carbons (Fsp3) is 0.286. The average molecular weight is 292 g/mol. The molecule has 0 radical (unpaired) electrons. The number of phenols is 1. The number of nitrogens with one attached hydrogen (secondary N) is 1.